The number of hydrogen-bond acceptors (Lipinski definition) is 5. The Kier molecular flexibility index (Phi) is 5.87. The first-order valence-electron chi connectivity index (χ1n) is 8.86. The highest BCUT2D eigenvalue weighted by atomic mass is 16.5. The van der Waals surface area contributed by atoms with E-state index in [2.05, 4.69) is 21.7 Å². The van der Waals surface area contributed by atoms with Crippen LogP contribution in [-0.4, -0.2) is 17.0 Å². The number of para-hydroxylation sites is 3. The highest BCUT2D eigenvalue weighted by molar-refractivity contribution is 6.05. The van der Waals surface area contributed by atoms with Gasteiger partial charge in [0.05, 0.1) is 23.0 Å². The van der Waals surface area contributed by atoms with Crippen molar-refractivity contribution in [1.29, 1.82) is 5.26 Å². The monoisotopic (exact) mass is 372 g/mol. The van der Waals surface area contributed by atoms with E-state index in [-0.39, 0.29) is 12.0 Å². The van der Waals surface area contributed by atoms with Gasteiger partial charge in [-0.3, -0.25) is 4.79 Å². The van der Waals surface area contributed by atoms with Crippen LogP contribution in [0.1, 0.15) is 29.8 Å². The van der Waals surface area contributed by atoms with Crippen molar-refractivity contribution in [3.63, 3.8) is 0 Å². The summed E-state index contributed by atoms with van der Waals surface area (Å²) in [5, 5.41) is 15.1. The number of carbonyl (C=O) groups excluding carboxylic acids is 1. The van der Waals surface area contributed by atoms with E-state index in [4.69, 9.17) is 10.00 Å². The summed E-state index contributed by atoms with van der Waals surface area (Å²) in [4.78, 5) is 16.9. The molecule has 0 unspecified atom stereocenters. The van der Waals surface area contributed by atoms with E-state index in [9.17, 15) is 4.79 Å². The smallest absolute Gasteiger partial charge is 0.255 e. The number of benzene rings is 2. The van der Waals surface area contributed by atoms with E-state index in [1.165, 1.54) is 0 Å². The Morgan fingerprint density at radius 2 is 1.79 bits per heavy atom. The lowest BCUT2D eigenvalue weighted by atomic mass is 10.1. The van der Waals surface area contributed by atoms with Crippen molar-refractivity contribution in [2.45, 2.75) is 20.0 Å². The Morgan fingerprint density at radius 1 is 1.07 bits per heavy atom. The van der Waals surface area contributed by atoms with Gasteiger partial charge in [-0.25, -0.2) is 4.98 Å². The van der Waals surface area contributed by atoms with Gasteiger partial charge in [-0.2, -0.15) is 5.26 Å². The highest BCUT2D eigenvalue weighted by Crippen LogP contribution is 2.28. The largest absolute Gasteiger partial charge is 0.489 e. The van der Waals surface area contributed by atoms with Gasteiger partial charge in [-0.1, -0.05) is 24.3 Å². The fourth-order valence-corrected chi connectivity index (χ4v) is 2.59. The van der Waals surface area contributed by atoms with Crippen LogP contribution in [0.3, 0.4) is 0 Å². The number of rotatable bonds is 6. The molecule has 2 N–H and O–H groups in total. The van der Waals surface area contributed by atoms with Crippen LogP contribution in [0.15, 0.2) is 66.9 Å². The number of pyridine rings is 1. The number of nitrogens with zero attached hydrogens (tertiary/aromatic N) is 2. The Hall–Kier alpha value is -3.85. The van der Waals surface area contributed by atoms with Gasteiger partial charge in [-0.15, -0.1) is 0 Å². The quantitative estimate of drug-likeness (QED) is 0.653. The Bertz CT molecular complexity index is 1020. The molecule has 0 saturated heterocycles. The number of nitriles is 1. The zero-order chi connectivity index (χ0) is 19.9. The normalized spacial score (nSPS) is 10.2. The van der Waals surface area contributed by atoms with Crippen LogP contribution >= 0.6 is 0 Å². The first-order chi connectivity index (χ1) is 13.6. The number of hydrogen-bond donors (Lipinski definition) is 2. The minimum Gasteiger partial charge on any atom is -0.489 e. The predicted octanol–water partition coefficient (Wildman–Crippen LogP) is 4.74. The van der Waals surface area contributed by atoms with Gasteiger partial charge in [0.25, 0.3) is 5.91 Å². The van der Waals surface area contributed by atoms with Crippen molar-refractivity contribution >= 4 is 23.1 Å². The SMILES string of the molecule is CC(C)Oc1ccccc1Nc1cc(C(=O)Nc2ccccc2C#N)ccn1. The zero-order valence-corrected chi connectivity index (χ0v) is 15.6. The molecule has 0 aliphatic rings. The molecule has 1 heterocycles. The van der Waals surface area contributed by atoms with Crippen molar-refractivity contribution in [2.24, 2.45) is 0 Å². The molecule has 3 aromatic rings. The average Bonchev–Trinajstić information content (AvgIpc) is 2.70. The molecule has 6 nitrogen and oxygen atoms in total. The van der Waals surface area contributed by atoms with Gasteiger partial charge in [0, 0.05) is 11.8 Å². The first-order valence-corrected chi connectivity index (χ1v) is 8.86. The number of amides is 1. The van der Waals surface area contributed by atoms with E-state index in [1.807, 2.05) is 38.1 Å². The maximum atomic E-state index is 12.6. The second kappa shape index (κ2) is 8.69. The molecule has 3 rings (SSSR count). The fourth-order valence-electron chi connectivity index (χ4n) is 2.59. The summed E-state index contributed by atoms with van der Waals surface area (Å²) < 4.78 is 5.80. The van der Waals surface area contributed by atoms with Crippen molar-refractivity contribution in [1.82, 2.24) is 4.98 Å². The minimum absolute atomic E-state index is 0.0354. The minimum atomic E-state index is -0.320. The van der Waals surface area contributed by atoms with Crippen LogP contribution < -0.4 is 15.4 Å². The first kappa shape index (κ1) is 18.9. The Labute approximate surface area is 163 Å². The van der Waals surface area contributed by atoms with Crippen molar-refractivity contribution < 1.29 is 9.53 Å². The van der Waals surface area contributed by atoms with Crippen LogP contribution in [0.25, 0.3) is 0 Å². The summed E-state index contributed by atoms with van der Waals surface area (Å²) in [6, 6.07) is 19.7. The zero-order valence-electron chi connectivity index (χ0n) is 15.6. The molecule has 0 spiro atoms. The molecular formula is C22H20N4O2. The number of aromatic nitrogens is 1. The second-order valence-corrected chi connectivity index (χ2v) is 6.33. The van der Waals surface area contributed by atoms with E-state index in [0.29, 0.717) is 28.4 Å². The fraction of sp³-hybridized carbons (Fsp3) is 0.136. The number of ether oxygens (including phenoxy) is 1. The highest BCUT2D eigenvalue weighted by Gasteiger charge is 2.11. The molecule has 28 heavy (non-hydrogen) atoms. The number of anilines is 3. The molecule has 140 valence electrons. The molecule has 0 saturated carbocycles. The van der Waals surface area contributed by atoms with E-state index < -0.39 is 0 Å². The summed E-state index contributed by atoms with van der Waals surface area (Å²) in [7, 11) is 0. The molecule has 0 aliphatic carbocycles. The van der Waals surface area contributed by atoms with E-state index in [0.717, 1.165) is 5.69 Å². The summed E-state index contributed by atoms with van der Waals surface area (Å²) in [5.41, 5.74) is 2.06. The third kappa shape index (κ3) is 4.65. The summed E-state index contributed by atoms with van der Waals surface area (Å²) in [6.07, 6.45) is 1.59. The second-order valence-electron chi connectivity index (χ2n) is 6.33. The van der Waals surface area contributed by atoms with Gasteiger partial charge >= 0.3 is 0 Å². The van der Waals surface area contributed by atoms with Gasteiger partial charge < -0.3 is 15.4 Å². The van der Waals surface area contributed by atoms with Gasteiger partial charge in [0.1, 0.15) is 17.6 Å². The van der Waals surface area contributed by atoms with Crippen molar-refractivity contribution in [2.75, 3.05) is 10.6 Å². The van der Waals surface area contributed by atoms with E-state index in [1.54, 1.807) is 42.6 Å². The molecule has 1 aromatic heterocycles. The van der Waals surface area contributed by atoms with Crippen molar-refractivity contribution in [3.05, 3.63) is 78.0 Å². The third-order valence-corrected chi connectivity index (χ3v) is 3.83. The van der Waals surface area contributed by atoms with E-state index >= 15 is 0 Å². The molecule has 0 atom stereocenters. The third-order valence-electron chi connectivity index (χ3n) is 3.83. The molecule has 0 fully saturated rings. The standard InChI is InChI=1S/C22H20N4O2/c1-15(2)28-20-10-6-5-9-19(20)25-21-13-16(11-12-24-21)22(27)26-18-8-4-3-7-17(18)14-23/h3-13,15H,1-2H3,(H,24,25)(H,26,27). The lowest BCUT2D eigenvalue weighted by Crippen LogP contribution is -2.13. The Balaban J connectivity index is 1.80. The maximum absolute atomic E-state index is 12.6. The molecule has 2 aromatic carbocycles. The maximum Gasteiger partial charge on any atom is 0.255 e. The van der Waals surface area contributed by atoms with Gasteiger partial charge in [0.2, 0.25) is 0 Å². The van der Waals surface area contributed by atoms with Crippen LogP contribution in [-0.2, 0) is 0 Å². The summed E-state index contributed by atoms with van der Waals surface area (Å²) in [5.74, 6) is 0.901. The summed E-state index contributed by atoms with van der Waals surface area (Å²) in [6.45, 7) is 3.91. The Morgan fingerprint density at radius 3 is 2.54 bits per heavy atom. The van der Waals surface area contributed by atoms with Crippen LogP contribution in [0, 0.1) is 11.3 Å². The lowest BCUT2D eigenvalue weighted by Gasteiger charge is -2.15. The van der Waals surface area contributed by atoms with Crippen molar-refractivity contribution in [3.8, 4) is 11.8 Å². The molecule has 0 radical (unpaired) electrons. The van der Waals surface area contributed by atoms with Crippen LogP contribution in [0.2, 0.25) is 0 Å². The van der Waals surface area contributed by atoms with Gasteiger partial charge in [-0.05, 0) is 50.2 Å². The number of nitrogens with one attached hydrogen (secondary N) is 2. The molecule has 0 aliphatic heterocycles. The topological polar surface area (TPSA) is 87.0 Å². The van der Waals surface area contributed by atoms with Crippen LogP contribution in [0.4, 0.5) is 17.2 Å². The molecule has 6 heteroatoms. The summed E-state index contributed by atoms with van der Waals surface area (Å²) >= 11 is 0. The van der Waals surface area contributed by atoms with Gasteiger partial charge in [0.15, 0.2) is 0 Å². The lowest BCUT2D eigenvalue weighted by molar-refractivity contribution is 0.102. The predicted molar refractivity (Wildman–Crippen MR) is 109 cm³/mol. The average molecular weight is 372 g/mol. The molecule has 1 amide bonds. The molecule has 0 bridgehead atoms. The number of carbonyl (C=O) groups is 1. The molecular weight excluding hydrogens is 352 g/mol. The van der Waals surface area contributed by atoms with Crippen LogP contribution in [0.5, 0.6) is 5.75 Å².